The van der Waals surface area contributed by atoms with E-state index >= 15 is 0 Å². The molecule has 24 heavy (non-hydrogen) atoms. The number of fused-ring (bicyclic) bond motifs is 1. The highest BCUT2D eigenvalue weighted by Gasteiger charge is 2.30. The van der Waals surface area contributed by atoms with E-state index in [1.54, 1.807) is 36.4 Å². The van der Waals surface area contributed by atoms with Crippen molar-refractivity contribution in [2.75, 3.05) is 18.5 Å². The predicted molar refractivity (Wildman–Crippen MR) is 90.3 cm³/mol. The molecule has 0 aromatic heterocycles. The summed E-state index contributed by atoms with van der Waals surface area (Å²) in [5, 5.41) is 2.82. The molecule has 1 aliphatic rings. The van der Waals surface area contributed by atoms with Crippen LogP contribution in [-0.2, 0) is 4.79 Å². The van der Waals surface area contributed by atoms with Crippen LogP contribution in [0.5, 0.6) is 0 Å². The van der Waals surface area contributed by atoms with Crippen LogP contribution in [0.4, 0.5) is 14.9 Å². The van der Waals surface area contributed by atoms with E-state index in [-0.39, 0.29) is 17.8 Å². The fourth-order valence-corrected chi connectivity index (χ4v) is 2.72. The molecule has 0 aliphatic carbocycles. The molecule has 1 heterocycles. The van der Waals surface area contributed by atoms with Crippen LogP contribution in [0.2, 0.25) is 5.02 Å². The Labute approximate surface area is 142 Å². The molecule has 122 valence electrons. The van der Waals surface area contributed by atoms with Gasteiger partial charge in [-0.25, -0.2) is 14.1 Å². The van der Waals surface area contributed by atoms with Crippen molar-refractivity contribution in [2.45, 2.75) is 0 Å². The Bertz CT molecular complexity index is 867. The fourth-order valence-electron chi connectivity index (χ4n) is 2.55. The monoisotopic (exact) mass is 345 g/mol. The SMILES string of the molecule is CNC(=O)N1C(=O)CN=C(c2ccccc2F)c2cc(Cl)ccc21. The third-order valence-electron chi connectivity index (χ3n) is 3.62. The molecule has 0 unspecified atom stereocenters. The molecule has 2 aromatic rings. The first kappa shape index (κ1) is 16.1. The molecule has 0 radical (unpaired) electrons. The number of hydrogen-bond acceptors (Lipinski definition) is 3. The summed E-state index contributed by atoms with van der Waals surface area (Å²) in [5.74, 6) is -0.979. The van der Waals surface area contributed by atoms with Gasteiger partial charge in [0.05, 0.1) is 11.4 Å². The van der Waals surface area contributed by atoms with Gasteiger partial charge < -0.3 is 5.32 Å². The predicted octanol–water partition coefficient (Wildman–Crippen LogP) is 3.00. The van der Waals surface area contributed by atoms with E-state index in [1.165, 1.54) is 13.1 Å². The molecule has 1 N–H and O–H groups in total. The van der Waals surface area contributed by atoms with E-state index in [0.29, 0.717) is 16.3 Å². The zero-order valence-electron chi connectivity index (χ0n) is 12.7. The Morgan fingerprint density at radius 1 is 1.25 bits per heavy atom. The largest absolute Gasteiger partial charge is 0.340 e. The van der Waals surface area contributed by atoms with Gasteiger partial charge in [0.25, 0.3) is 5.91 Å². The normalized spacial score (nSPS) is 13.9. The minimum absolute atomic E-state index is 0.243. The average Bonchev–Trinajstić information content (AvgIpc) is 2.71. The highest BCUT2D eigenvalue weighted by molar-refractivity contribution is 6.32. The molecule has 0 spiro atoms. The van der Waals surface area contributed by atoms with E-state index in [2.05, 4.69) is 10.3 Å². The molecular formula is C17H13ClFN3O2. The first-order valence-electron chi connectivity index (χ1n) is 7.17. The minimum Gasteiger partial charge on any atom is -0.340 e. The lowest BCUT2D eigenvalue weighted by Gasteiger charge is -2.20. The Morgan fingerprint density at radius 3 is 2.71 bits per heavy atom. The maximum absolute atomic E-state index is 14.2. The number of benzodiazepines with no additional fused rings is 1. The van der Waals surface area contributed by atoms with Crippen molar-refractivity contribution in [2.24, 2.45) is 4.99 Å². The third kappa shape index (κ3) is 2.76. The summed E-state index contributed by atoms with van der Waals surface area (Å²) in [6.07, 6.45) is 0. The highest BCUT2D eigenvalue weighted by Crippen LogP contribution is 2.30. The molecule has 3 rings (SSSR count). The molecule has 2 aromatic carbocycles. The lowest BCUT2D eigenvalue weighted by molar-refractivity contribution is -0.116. The summed E-state index contributed by atoms with van der Waals surface area (Å²) in [7, 11) is 1.43. The van der Waals surface area contributed by atoms with Crippen LogP contribution in [-0.4, -0.2) is 31.2 Å². The molecular weight excluding hydrogens is 333 g/mol. The fraction of sp³-hybridized carbons (Fsp3) is 0.118. The van der Waals surface area contributed by atoms with Crippen molar-refractivity contribution in [3.63, 3.8) is 0 Å². The van der Waals surface area contributed by atoms with Crippen LogP contribution >= 0.6 is 11.6 Å². The van der Waals surface area contributed by atoms with E-state index in [9.17, 15) is 14.0 Å². The van der Waals surface area contributed by atoms with E-state index in [4.69, 9.17) is 11.6 Å². The van der Waals surface area contributed by atoms with Gasteiger partial charge in [0.1, 0.15) is 12.4 Å². The molecule has 0 saturated carbocycles. The summed E-state index contributed by atoms with van der Waals surface area (Å²) >= 11 is 6.07. The quantitative estimate of drug-likeness (QED) is 0.863. The van der Waals surface area contributed by atoms with Gasteiger partial charge in [-0.15, -0.1) is 0 Å². The van der Waals surface area contributed by atoms with Crippen LogP contribution in [0.1, 0.15) is 11.1 Å². The number of aliphatic imine (C=N–C) groups is 1. The number of urea groups is 1. The summed E-state index contributed by atoms with van der Waals surface area (Å²) in [6.45, 7) is -0.274. The van der Waals surface area contributed by atoms with Crippen LogP contribution in [0.3, 0.4) is 0 Å². The lowest BCUT2D eigenvalue weighted by Crippen LogP contribution is -2.43. The van der Waals surface area contributed by atoms with Gasteiger partial charge in [-0.3, -0.25) is 9.79 Å². The molecule has 0 fully saturated rings. The second-order valence-corrected chi connectivity index (χ2v) is 5.53. The van der Waals surface area contributed by atoms with E-state index in [1.807, 2.05) is 0 Å². The Morgan fingerprint density at radius 2 is 2.00 bits per heavy atom. The topological polar surface area (TPSA) is 61.8 Å². The first-order valence-corrected chi connectivity index (χ1v) is 7.54. The number of anilines is 1. The number of nitrogens with one attached hydrogen (secondary N) is 1. The van der Waals surface area contributed by atoms with Gasteiger partial charge in [0, 0.05) is 23.2 Å². The number of halogens is 2. The summed E-state index contributed by atoms with van der Waals surface area (Å²) in [4.78, 5) is 29.7. The first-order chi connectivity index (χ1) is 11.5. The highest BCUT2D eigenvalue weighted by atomic mass is 35.5. The number of hydrogen-bond donors (Lipinski definition) is 1. The van der Waals surface area contributed by atoms with Crippen molar-refractivity contribution in [3.05, 3.63) is 64.4 Å². The maximum Gasteiger partial charge on any atom is 0.328 e. The maximum atomic E-state index is 14.2. The molecule has 3 amide bonds. The second kappa shape index (κ2) is 6.41. The standard InChI is InChI=1S/C17H13ClFN3O2/c1-20-17(24)22-14-7-6-10(18)8-12(14)16(21-9-15(22)23)11-4-2-3-5-13(11)19/h2-8H,9H2,1H3,(H,20,24). The van der Waals surface area contributed by atoms with Gasteiger partial charge in [-0.2, -0.15) is 0 Å². The molecule has 5 nitrogen and oxygen atoms in total. The number of carbonyl (C=O) groups is 2. The minimum atomic E-state index is -0.589. The van der Waals surface area contributed by atoms with Crippen molar-refractivity contribution in [3.8, 4) is 0 Å². The number of benzene rings is 2. The van der Waals surface area contributed by atoms with Gasteiger partial charge in [0.15, 0.2) is 0 Å². The Kier molecular flexibility index (Phi) is 4.31. The third-order valence-corrected chi connectivity index (χ3v) is 3.86. The number of carbonyl (C=O) groups excluding carboxylic acids is 2. The zero-order chi connectivity index (χ0) is 17.3. The lowest BCUT2D eigenvalue weighted by atomic mass is 10.00. The Balaban J connectivity index is 2.26. The van der Waals surface area contributed by atoms with Crippen LogP contribution < -0.4 is 10.2 Å². The smallest absolute Gasteiger partial charge is 0.328 e. The summed E-state index contributed by atoms with van der Waals surface area (Å²) in [5.41, 5.74) is 1.25. The molecule has 0 bridgehead atoms. The van der Waals surface area contributed by atoms with Crippen molar-refractivity contribution in [1.29, 1.82) is 0 Å². The molecule has 0 atom stereocenters. The number of imide groups is 1. The van der Waals surface area contributed by atoms with Crippen LogP contribution in [0.15, 0.2) is 47.5 Å². The van der Waals surface area contributed by atoms with Crippen LogP contribution in [0, 0.1) is 5.82 Å². The van der Waals surface area contributed by atoms with E-state index in [0.717, 1.165) is 4.90 Å². The van der Waals surface area contributed by atoms with Crippen molar-refractivity contribution >= 4 is 34.9 Å². The number of nitrogens with zero attached hydrogens (tertiary/aromatic N) is 2. The van der Waals surface area contributed by atoms with Gasteiger partial charge >= 0.3 is 6.03 Å². The number of rotatable bonds is 1. The molecule has 7 heteroatoms. The second-order valence-electron chi connectivity index (χ2n) is 5.09. The van der Waals surface area contributed by atoms with Gasteiger partial charge in [-0.1, -0.05) is 23.7 Å². The Hall–Kier alpha value is -2.73. The summed E-state index contributed by atoms with van der Waals surface area (Å²) < 4.78 is 14.2. The van der Waals surface area contributed by atoms with Crippen LogP contribution in [0.25, 0.3) is 0 Å². The molecule has 0 saturated heterocycles. The number of amides is 3. The molecule has 1 aliphatic heterocycles. The average molecular weight is 346 g/mol. The van der Waals surface area contributed by atoms with Gasteiger partial charge in [-0.05, 0) is 30.3 Å². The van der Waals surface area contributed by atoms with E-state index < -0.39 is 17.8 Å². The van der Waals surface area contributed by atoms with Crippen molar-refractivity contribution < 1.29 is 14.0 Å². The summed E-state index contributed by atoms with van der Waals surface area (Å²) in [6, 6.07) is 10.2. The van der Waals surface area contributed by atoms with Crippen molar-refractivity contribution in [1.82, 2.24) is 5.32 Å². The van der Waals surface area contributed by atoms with Gasteiger partial charge in [0.2, 0.25) is 0 Å². The zero-order valence-corrected chi connectivity index (χ0v) is 13.5.